The predicted molar refractivity (Wildman–Crippen MR) is 19.5 cm³/mol. The van der Waals surface area contributed by atoms with Gasteiger partial charge in [0.2, 0.25) is 0 Å². The van der Waals surface area contributed by atoms with Gasteiger partial charge in [0.1, 0.15) is 0 Å². The first-order chi connectivity index (χ1) is 2.94. The molecule has 6 heteroatoms. The Kier molecular flexibility index (Phi) is 6.80. The molecule has 0 saturated carbocycles. The minimum Gasteiger partial charge on any atom is -0.768 e. The van der Waals surface area contributed by atoms with Gasteiger partial charge < -0.3 is 4.55 Å². The third kappa shape index (κ3) is 5.74. The van der Waals surface area contributed by atoms with E-state index in [-0.39, 0.29) is 51.4 Å². The van der Waals surface area contributed by atoms with Gasteiger partial charge >= 0.3 is 56.6 Å². The molecule has 0 aromatic heterocycles. The Morgan fingerprint density at radius 1 is 1.62 bits per heavy atom. The Morgan fingerprint density at radius 3 is 1.75 bits per heavy atom. The quantitative estimate of drug-likeness (QED) is 0.320. The van der Waals surface area contributed by atoms with Crippen LogP contribution in [0.25, 0.3) is 0 Å². The minimum absolute atomic E-state index is 0. The molecule has 0 N–H and O–H groups in total. The summed E-state index contributed by atoms with van der Waals surface area (Å²) in [6, 6.07) is 0. The van der Waals surface area contributed by atoms with Crippen molar-refractivity contribution in [2.24, 2.45) is 0 Å². The van der Waals surface area contributed by atoms with Gasteiger partial charge in [-0.25, -0.2) is 0 Å². The summed E-state index contributed by atoms with van der Waals surface area (Å²) in [6.45, 7) is 0.316. The van der Waals surface area contributed by atoms with E-state index in [4.69, 9.17) is 0 Å². The number of hydrogen-bond acceptors (Lipinski definition) is 2. The Hall–Kier alpha value is 1.61. The van der Waals surface area contributed by atoms with Crippen molar-refractivity contribution in [3.05, 3.63) is 0 Å². The van der Waals surface area contributed by atoms with Crippen molar-refractivity contribution in [1.82, 2.24) is 0 Å². The van der Waals surface area contributed by atoms with Crippen molar-refractivity contribution in [2.75, 3.05) is 0 Å². The summed E-state index contributed by atoms with van der Waals surface area (Å²) < 4.78 is 41.0. The van der Waals surface area contributed by atoms with E-state index in [1.165, 1.54) is 0 Å². The van der Waals surface area contributed by atoms with Crippen molar-refractivity contribution in [2.45, 2.75) is 12.2 Å². The number of hydrogen-bond donors (Lipinski definition) is 0. The molecule has 0 bridgehead atoms. The van der Waals surface area contributed by atoms with Gasteiger partial charge in [0, 0.05) is 18.0 Å². The van der Waals surface area contributed by atoms with Gasteiger partial charge in [0.25, 0.3) is 0 Å². The van der Waals surface area contributed by atoms with E-state index in [9.17, 15) is 17.5 Å². The van der Waals surface area contributed by atoms with E-state index in [2.05, 4.69) is 0 Å². The summed E-state index contributed by atoms with van der Waals surface area (Å²) in [5, 5.41) is -3.58. The van der Waals surface area contributed by atoms with Gasteiger partial charge in [-0.1, -0.05) is 0 Å². The first kappa shape index (κ1) is 12.3. The van der Waals surface area contributed by atoms with E-state index in [1.807, 2.05) is 0 Å². The molecule has 0 fully saturated rings. The first-order valence-corrected chi connectivity index (χ1v) is 2.49. The average molecular weight is 168 g/mol. The summed E-state index contributed by atoms with van der Waals surface area (Å²) in [5.41, 5.74) is 0. The van der Waals surface area contributed by atoms with Crippen LogP contribution in [0.15, 0.2) is 0 Å². The van der Waals surface area contributed by atoms with Crippen LogP contribution in [0.5, 0.6) is 0 Å². The molecule has 1 atom stereocenters. The zero-order chi connectivity index (χ0) is 6.08. The van der Waals surface area contributed by atoms with Crippen molar-refractivity contribution in [3.63, 3.8) is 0 Å². The van der Waals surface area contributed by atoms with Crippen molar-refractivity contribution >= 4 is 11.1 Å². The maximum absolute atomic E-state index is 11.2. The molecular weight excluding hydrogens is 165 g/mol. The van der Waals surface area contributed by atoms with Crippen LogP contribution in [0.4, 0.5) is 8.78 Å². The van der Waals surface area contributed by atoms with Gasteiger partial charge in [-0.05, 0) is 0 Å². The first-order valence-electron chi connectivity index (χ1n) is 1.42. The maximum Gasteiger partial charge on any atom is 1.00 e. The molecule has 0 aliphatic rings. The Balaban J connectivity index is 0. The fourth-order valence-corrected chi connectivity index (χ4v) is 0. The Labute approximate surface area is 90.7 Å². The molecule has 1 unspecified atom stereocenters. The number of alkyl halides is 2. The van der Waals surface area contributed by atoms with E-state index >= 15 is 0 Å². The number of halogens is 2. The third-order valence-corrected chi connectivity index (χ3v) is 0.878. The second-order valence-corrected chi connectivity index (χ2v) is 2.23. The zero-order valence-corrected chi connectivity index (χ0v) is 8.42. The molecule has 0 amide bonds. The summed E-state index contributed by atoms with van der Waals surface area (Å²) in [5.74, 6) is 0. The van der Waals surface area contributed by atoms with Crippen LogP contribution in [-0.2, 0) is 11.1 Å². The molecular formula is C2H3F2KO2S. The standard InChI is InChI=1S/C2H4F2O2S.K/c1-2(3,4)7(5)6;/h1H3,(H,5,6);/q;+1/p-1. The average Bonchev–Trinajstić information content (AvgIpc) is 1.31. The predicted octanol–water partition coefficient (Wildman–Crippen LogP) is -2.52. The molecule has 0 aliphatic heterocycles. The molecule has 0 spiro atoms. The summed E-state index contributed by atoms with van der Waals surface area (Å²) >= 11 is -3.27. The molecule has 0 radical (unpaired) electrons. The monoisotopic (exact) mass is 168 g/mol. The molecule has 0 saturated heterocycles. The molecule has 0 aromatic rings. The minimum atomic E-state index is -3.58. The molecule has 2 nitrogen and oxygen atoms in total. The van der Waals surface area contributed by atoms with E-state index in [0.29, 0.717) is 6.92 Å². The SMILES string of the molecule is CC(F)(F)S(=O)[O-].[K+]. The normalized spacial score (nSPS) is 14.5. The molecule has 8 heavy (non-hydrogen) atoms. The third-order valence-electron chi connectivity index (χ3n) is 0.293. The van der Waals surface area contributed by atoms with Crippen LogP contribution in [0.1, 0.15) is 6.92 Å². The largest absolute Gasteiger partial charge is 1.00 e. The maximum atomic E-state index is 11.2. The van der Waals surface area contributed by atoms with Crippen LogP contribution < -0.4 is 51.4 Å². The summed E-state index contributed by atoms with van der Waals surface area (Å²) in [6.07, 6.45) is 0. The van der Waals surface area contributed by atoms with Crippen LogP contribution in [0, 0.1) is 0 Å². The van der Waals surface area contributed by atoms with Crippen molar-refractivity contribution < 1.29 is 68.9 Å². The molecule has 44 valence electrons. The van der Waals surface area contributed by atoms with Gasteiger partial charge in [-0.2, -0.15) is 8.78 Å². The fraction of sp³-hybridized carbons (Fsp3) is 1.00. The Bertz CT molecular complexity index is 90.5. The second-order valence-electron chi connectivity index (χ2n) is 1.04. The number of rotatable bonds is 1. The smallest absolute Gasteiger partial charge is 0.768 e. The van der Waals surface area contributed by atoms with Crippen molar-refractivity contribution in [3.8, 4) is 0 Å². The van der Waals surface area contributed by atoms with Gasteiger partial charge in [-0.3, -0.25) is 4.21 Å². The van der Waals surface area contributed by atoms with E-state index < -0.39 is 16.3 Å². The van der Waals surface area contributed by atoms with Crippen LogP contribution in [0.3, 0.4) is 0 Å². The second kappa shape index (κ2) is 4.43. The molecule has 0 rings (SSSR count). The molecule has 0 aliphatic carbocycles. The summed E-state index contributed by atoms with van der Waals surface area (Å²) in [7, 11) is 0. The van der Waals surface area contributed by atoms with Crippen LogP contribution in [0.2, 0.25) is 0 Å². The summed E-state index contributed by atoms with van der Waals surface area (Å²) in [4.78, 5) is 0. The van der Waals surface area contributed by atoms with E-state index in [0.717, 1.165) is 0 Å². The van der Waals surface area contributed by atoms with Crippen LogP contribution in [-0.4, -0.2) is 14.0 Å². The molecule has 0 aromatic carbocycles. The van der Waals surface area contributed by atoms with Gasteiger partial charge in [-0.15, -0.1) is 0 Å². The van der Waals surface area contributed by atoms with Gasteiger partial charge in [0.15, 0.2) is 0 Å². The fourth-order valence-electron chi connectivity index (χ4n) is 0. The van der Waals surface area contributed by atoms with Crippen LogP contribution >= 0.6 is 0 Å². The Morgan fingerprint density at radius 2 is 1.75 bits per heavy atom. The van der Waals surface area contributed by atoms with Crippen molar-refractivity contribution in [1.29, 1.82) is 0 Å². The topological polar surface area (TPSA) is 40.1 Å². The van der Waals surface area contributed by atoms with Gasteiger partial charge in [0.05, 0.1) is 0 Å². The van der Waals surface area contributed by atoms with E-state index in [1.54, 1.807) is 0 Å². The molecule has 0 heterocycles. The zero-order valence-electron chi connectivity index (χ0n) is 4.48.